The second-order valence-electron chi connectivity index (χ2n) is 5.71. The zero-order valence-electron chi connectivity index (χ0n) is 14.7. The van der Waals surface area contributed by atoms with Crippen LogP contribution in [0.5, 0.6) is 11.6 Å². The molecular weight excluding hydrogens is 440 g/mol. The summed E-state index contributed by atoms with van der Waals surface area (Å²) >= 11 is 9.79. The molecule has 2 heterocycles. The van der Waals surface area contributed by atoms with Gasteiger partial charge in [-0.1, -0.05) is 11.6 Å². The van der Waals surface area contributed by atoms with Crippen molar-refractivity contribution in [2.24, 2.45) is 0 Å². The van der Waals surface area contributed by atoms with Crippen molar-refractivity contribution in [1.29, 1.82) is 0 Å². The Morgan fingerprint density at radius 2 is 2.22 bits per heavy atom. The third kappa shape index (κ3) is 4.42. The van der Waals surface area contributed by atoms with Gasteiger partial charge in [-0.05, 0) is 28.1 Å². The number of carbonyl (C=O) groups excluding carboxylic acids is 1. The van der Waals surface area contributed by atoms with Crippen LogP contribution in [0.2, 0.25) is 5.02 Å². The first-order valence-corrected chi connectivity index (χ1v) is 9.24. The van der Waals surface area contributed by atoms with Crippen LogP contribution in [-0.4, -0.2) is 55.2 Å². The molecule has 1 aliphatic heterocycles. The highest BCUT2D eigenvalue weighted by atomic mass is 79.9. The van der Waals surface area contributed by atoms with Gasteiger partial charge in [0.15, 0.2) is 0 Å². The number of anilines is 2. The SMILES string of the molecule is COc1cc(C2CN(C=O)CCO2)c(Cl)cc1Nc1ncc(Br)c(OC)n1. The summed E-state index contributed by atoms with van der Waals surface area (Å²) in [5.41, 5.74) is 1.35. The van der Waals surface area contributed by atoms with Gasteiger partial charge in [-0.3, -0.25) is 4.79 Å². The number of nitrogens with zero attached hydrogens (tertiary/aromatic N) is 3. The lowest BCUT2D eigenvalue weighted by molar-refractivity contribution is -0.125. The molecular formula is C17H18BrClN4O4. The summed E-state index contributed by atoms with van der Waals surface area (Å²) < 4.78 is 17.1. The van der Waals surface area contributed by atoms with Gasteiger partial charge in [-0.15, -0.1) is 0 Å². The molecule has 2 aromatic rings. The second kappa shape index (κ2) is 8.73. The Morgan fingerprint density at radius 1 is 1.41 bits per heavy atom. The summed E-state index contributed by atoms with van der Waals surface area (Å²) in [7, 11) is 3.08. The Bertz CT molecular complexity index is 839. The first-order chi connectivity index (χ1) is 13.0. The molecule has 144 valence electrons. The third-order valence-corrected chi connectivity index (χ3v) is 4.94. The van der Waals surface area contributed by atoms with E-state index in [4.69, 9.17) is 25.8 Å². The van der Waals surface area contributed by atoms with E-state index in [2.05, 4.69) is 31.2 Å². The van der Waals surface area contributed by atoms with E-state index in [1.165, 1.54) is 7.11 Å². The van der Waals surface area contributed by atoms with Crippen molar-refractivity contribution in [3.05, 3.63) is 33.4 Å². The standard InChI is InChI=1S/C17H18BrClN4O4/c1-25-14-5-10(15-8-23(9-24)3-4-27-15)12(19)6-13(14)21-17-20-7-11(18)16(22-17)26-2/h5-7,9,15H,3-4,8H2,1-2H3,(H,20,21,22). The van der Waals surface area contributed by atoms with Crippen molar-refractivity contribution >= 4 is 45.6 Å². The molecule has 27 heavy (non-hydrogen) atoms. The molecule has 0 aliphatic carbocycles. The molecule has 8 nitrogen and oxygen atoms in total. The molecule has 0 radical (unpaired) electrons. The Labute approximate surface area is 169 Å². The summed E-state index contributed by atoms with van der Waals surface area (Å²) in [6.07, 6.45) is 2.08. The minimum atomic E-state index is -0.316. The molecule has 1 aromatic heterocycles. The van der Waals surface area contributed by atoms with Crippen LogP contribution < -0.4 is 14.8 Å². The van der Waals surface area contributed by atoms with Crippen molar-refractivity contribution in [1.82, 2.24) is 14.9 Å². The smallest absolute Gasteiger partial charge is 0.232 e. The summed E-state index contributed by atoms with van der Waals surface area (Å²) in [6, 6.07) is 3.51. The topological polar surface area (TPSA) is 85.8 Å². The van der Waals surface area contributed by atoms with E-state index < -0.39 is 0 Å². The van der Waals surface area contributed by atoms with Crippen LogP contribution in [0.1, 0.15) is 11.7 Å². The number of halogens is 2. The van der Waals surface area contributed by atoms with Gasteiger partial charge in [0.1, 0.15) is 11.9 Å². The number of hydrogen-bond donors (Lipinski definition) is 1. The van der Waals surface area contributed by atoms with Crippen molar-refractivity contribution in [3.63, 3.8) is 0 Å². The zero-order valence-corrected chi connectivity index (χ0v) is 17.1. The average molecular weight is 458 g/mol. The summed E-state index contributed by atoms with van der Waals surface area (Å²) in [5, 5.41) is 3.56. The minimum Gasteiger partial charge on any atom is -0.495 e. The van der Waals surface area contributed by atoms with E-state index in [1.807, 2.05) is 0 Å². The van der Waals surface area contributed by atoms with Crippen molar-refractivity contribution in [3.8, 4) is 11.6 Å². The van der Waals surface area contributed by atoms with Crippen LogP contribution >= 0.6 is 27.5 Å². The van der Waals surface area contributed by atoms with Crippen molar-refractivity contribution in [2.75, 3.05) is 39.2 Å². The number of ether oxygens (including phenoxy) is 3. The largest absolute Gasteiger partial charge is 0.495 e. The number of hydrogen-bond acceptors (Lipinski definition) is 7. The van der Waals surface area contributed by atoms with Gasteiger partial charge in [0.05, 0.1) is 43.7 Å². The number of methoxy groups -OCH3 is 2. The van der Waals surface area contributed by atoms with Crippen LogP contribution in [0.4, 0.5) is 11.6 Å². The third-order valence-electron chi connectivity index (χ3n) is 4.06. The maximum Gasteiger partial charge on any atom is 0.232 e. The molecule has 0 saturated carbocycles. The molecule has 10 heteroatoms. The van der Waals surface area contributed by atoms with Gasteiger partial charge < -0.3 is 24.4 Å². The first-order valence-electron chi connectivity index (χ1n) is 8.07. The fourth-order valence-corrected chi connectivity index (χ4v) is 3.35. The normalized spacial score (nSPS) is 16.7. The van der Waals surface area contributed by atoms with Crippen molar-refractivity contribution < 1.29 is 19.0 Å². The number of morpholine rings is 1. The number of amides is 1. The molecule has 1 N–H and O–H groups in total. The van der Waals surface area contributed by atoms with Gasteiger partial charge in [0, 0.05) is 17.1 Å². The Morgan fingerprint density at radius 3 is 2.93 bits per heavy atom. The monoisotopic (exact) mass is 456 g/mol. The molecule has 1 aromatic carbocycles. The Hall–Kier alpha value is -2.10. The highest BCUT2D eigenvalue weighted by Crippen LogP contribution is 2.37. The van der Waals surface area contributed by atoms with E-state index in [0.717, 1.165) is 12.0 Å². The van der Waals surface area contributed by atoms with Crippen LogP contribution in [0.15, 0.2) is 22.8 Å². The Balaban J connectivity index is 1.89. The van der Waals surface area contributed by atoms with E-state index in [1.54, 1.807) is 30.3 Å². The molecule has 3 rings (SSSR count). The zero-order chi connectivity index (χ0) is 19.4. The van der Waals surface area contributed by atoms with Crippen LogP contribution in [-0.2, 0) is 9.53 Å². The van der Waals surface area contributed by atoms with Crippen LogP contribution in [0, 0.1) is 0 Å². The second-order valence-corrected chi connectivity index (χ2v) is 6.97. The van der Waals surface area contributed by atoms with Crippen molar-refractivity contribution in [2.45, 2.75) is 6.10 Å². The molecule has 1 saturated heterocycles. The summed E-state index contributed by atoms with van der Waals surface area (Å²) in [5.74, 6) is 1.28. The van der Waals surface area contributed by atoms with Crippen LogP contribution in [0.3, 0.4) is 0 Å². The lowest BCUT2D eigenvalue weighted by Gasteiger charge is -2.31. The van der Waals surface area contributed by atoms with E-state index >= 15 is 0 Å². The van der Waals surface area contributed by atoms with Gasteiger partial charge in [-0.25, -0.2) is 4.98 Å². The van der Waals surface area contributed by atoms with Gasteiger partial charge in [0.2, 0.25) is 18.2 Å². The maximum atomic E-state index is 11.1. The lowest BCUT2D eigenvalue weighted by atomic mass is 10.1. The number of aromatic nitrogens is 2. The number of rotatable bonds is 6. The molecule has 0 bridgehead atoms. The number of carbonyl (C=O) groups is 1. The summed E-state index contributed by atoms with van der Waals surface area (Å²) in [6.45, 7) is 1.46. The van der Waals surface area contributed by atoms with E-state index in [9.17, 15) is 4.79 Å². The highest BCUT2D eigenvalue weighted by Gasteiger charge is 2.24. The predicted molar refractivity (Wildman–Crippen MR) is 104 cm³/mol. The predicted octanol–water partition coefficient (Wildman–Crippen LogP) is 3.18. The van der Waals surface area contributed by atoms with Gasteiger partial charge >= 0.3 is 0 Å². The molecule has 1 fully saturated rings. The lowest BCUT2D eigenvalue weighted by Crippen LogP contribution is -2.37. The van der Waals surface area contributed by atoms with Crippen LogP contribution in [0.25, 0.3) is 0 Å². The van der Waals surface area contributed by atoms with Gasteiger partial charge in [-0.2, -0.15) is 4.98 Å². The molecule has 1 amide bonds. The minimum absolute atomic E-state index is 0.316. The molecule has 0 spiro atoms. The fraction of sp³-hybridized carbons (Fsp3) is 0.353. The molecule has 1 atom stereocenters. The molecule has 1 aliphatic rings. The maximum absolute atomic E-state index is 11.1. The van der Waals surface area contributed by atoms with Gasteiger partial charge in [0.25, 0.3) is 0 Å². The van der Waals surface area contributed by atoms with E-state index in [0.29, 0.717) is 52.5 Å². The average Bonchev–Trinajstić information content (AvgIpc) is 2.69. The Kier molecular flexibility index (Phi) is 6.35. The van der Waals surface area contributed by atoms with E-state index in [-0.39, 0.29) is 6.10 Å². The molecule has 1 unspecified atom stereocenters. The summed E-state index contributed by atoms with van der Waals surface area (Å²) in [4.78, 5) is 21.2. The first kappa shape index (κ1) is 19.7. The number of benzene rings is 1. The fourth-order valence-electron chi connectivity index (χ4n) is 2.71. The highest BCUT2D eigenvalue weighted by molar-refractivity contribution is 9.10. The number of nitrogens with one attached hydrogen (secondary N) is 1. The quantitative estimate of drug-likeness (QED) is 0.667.